The highest BCUT2D eigenvalue weighted by Crippen LogP contribution is 2.03. The van der Waals surface area contributed by atoms with Gasteiger partial charge in [-0.3, -0.25) is 0 Å². The summed E-state index contributed by atoms with van der Waals surface area (Å²) in [6.07, 6.45) is 3.32. The zero-order valence-corrected chi connectivity index (χ0v) is 13.3. The molecule has 0 aliphatic rings. The topological polar surface area (TPSA) is 20.2 Å². The summed E-state index contributed by atoms with van der Waals surface area (Å²) in [5.74, 6) is 0. The Morgan fingerprint density at radius 3 is 2.67 bits per heavy atom. The third-order valence-electron chi connectivity index (χ3n) is 3.76. The highest BCUT2D eigenvalue weighted by Gasteiger charge is 2.01. The third-order valence-corrected chi connectivity index (χ3v) is 3.76. The van der Waals surface area contributed by atoms with Gasteiger partial charge >= 0.3 is 0 Å². The smallest absolute Gasteiger partial charge is 0.0359 e. The van der Waals surface area contributed by atoms with Crippen molar-refractivity contribution < 1.29 is 0 Å². The quantitative estimate of drug-likeness (QED) is 0.714. The first kappa shape index (κ1) is 15.8. The number of aryl methyl sites for hydroxylation is 1. The Labute approximate surface area is 128 Å². The molecule has 1 aromatic carbocycles. The SMILES string of the molecule is CCn1cccc1CNCCCN(C)Cc1ccccc1. The molecular weight excluding hydrogens is 258 g/mol. The minimum absolute atomic E-state index is 0.962. The zero-order chi connectivity index (χ0) is 14.9. The average molecular weight is 285 g/mol. The first-order valence-electron chi connectivity index (χ1n) is 7.87. The molecule has 1 aromatic heterocycles. The van der Waals surface area contributed by atoms with Crippen molar-refractivity contribution >= 4 is 0 Å². The molecule has 0 aliphatic carbocycles. The standard InChI is InChI=1S/C18H27N3/c1-3-21-14-7-11-18(21)15-19-12-8-13-20(2)16-17-9-5-4-6-10-17/h4-7,9-11,14,19H,3,8,12-13,15-16H2,1-2H3. The summed E-state index contributed by atoms with van der Waals surface area (Å²) in [6.45, 7) is 7.40. The highest BCUT2D eigenvalue weighted by atomic mass is 15.1. The van der Waals surface area contributed by atoms with E-state index in [1.54, 1.807) is 0 Å². The summed E-state index contributed by atoms with van der Waals surface area (Å²) in [5, 5.41) is 3.53. The minimum atomic E-state index is 0.962. The molecule has 3 nitrogen and oxygen atoms in total. The van der Waals surface area contributed by atoms with Gasteiger partial charge in [0, 0.05) is 31.5 Å². The maximum absolute atomic E-state index is 3.53. The highest BCUT2D eigenvalue weighted by molar-refractivity contribution is 5.14. The molecule has 0 radical (unpaired) electrons. The Morgan fingerprint density at radius 2 is 1.90 bits per heavy atom. The molecule has 114 valence electrons. The Balaban J connectivity index is 1.59. The Bertz CT molecular complexity index is 504. The Morgan fingerprint density at radius 1 is 1.10 bits per heavy atom. The summed E-state index contributed by atoms with van der Waals surface area (Å²) in [6, 6.07) is 15.0. The maximum Gasteiger partial charge on any atom is 0.0359 e. The van der Waals surface area contributed by atoms with Gasteiger partial charge in [-0.05, 0) is 51.2 Å². The molecule has 2 aromatic rings. The molecule has 0 spiro atoms. The van der Waals surface area contributed by atoms with E-state index in [-0.39, 0.29) is 0 Å². The van der Waals surface area contributed by atoms with Gasteiger partial charge in [0.05, 0.1) is 0 Å². The van der Waals surface area contributed by atoms with E-state index in [0.29, 0.717) is 0 Å². The zero-order valence-electron chi connectivity index (χ0n) is 13.3. The van der Waals surface area contributed by atoms with Crippen LogP contribution in [0.3, 0.4) is 0 Å². The Hall–Kier alpha value is -1.58. The molecule has 0 bridgehead atoms. The van der Waals surface area contributed by atoms with Gasteiger partial charge in [-0.25, -0.2) is 0 Å². The van der Waals surface area contributed by atoms with Crippen LogP contribution in [0, 0.1) is 0 Å². The van der Waals surface area contributed by atoms with Crippen molar-refractivity contribution in [3.63, 3.8) is 0 Å². The number of hydrogen-bond acceptors (Lipinski definition) is 2. The van der Waals surface area contributed by atoms with Crippen LogP contribution in [0.15, 0.2) is 48.7 Å². The first-order chi connectivity index (χ1) is 10.3. The molecular formula is C18H27N3. The van der Waals surface area contributed by atoms with Crippen molar-refractivity contribution in [2.75, 3.05) is 20.1 Å². The van der Waals surface area contributed by atoms with E-state index in [1.165, 1.54) is 17.7 Å². The molecule has 0 unspecified atom stereocenters. The van der Waals surface area contributed by atoms with E-state index in [1.807, 2.05) is 0 Å². The second-order valence-electron chi connectivity index (χ2n) is 5.54. The van der Waals surface area contributed by atoms with Crippen LogP contribution in [0.1, 0.15) is 24.6 Å². The molecule has 21 heavy (non-hydrogen) atoms. The van der Waals surface area contributed by atoms with E-state index in [9.17, 15) is 0 Å². The number of aromatic nitrogens is 1. The van der Waals surface area contributed by atoms with Crippen molar-refractivity contribution in [1.82, 2.24) is 14.8 Å². The number of rotatable bonds is 9. The lowest BCUT2D eigenvalue weighted by Gasteiger charge is -2.17. The van der Waals surface area contributed by atoms with Crippen LogP contribution in [0.25, 0.3) is 0 Å². The molecule has 0 aliphatic heterocycles. The van der Waals surface area contributed by atoms with Gasteiger partial charge < -0.3 is 14.8 Å². The molecule has 3 heteroatoms. The van der Waals surface area contributed by atoms with Crippen molar-refractivity contribution in [3.8, 4) is 0 Å². The summed E-state index contributed by atoms with van der Waals surface area (Å²) >= 11 is 0. The van der Waals surface area contributed by atoms with Gasteiger partial charge in [-0.15, -0.1) is 0 Å². The van der Waals surface area contributed by atoms with Crippen LogP contribution in [-0.2, 0) is 19.6 Å². The largest absolute Gasteiger partial charge is 0.351 e. The van der Waals surface area contributed by atoms with Gasteiger partial charge in [-0.1, -0.05) is 30.3 Å². The lowest BCUT2D eigenvalue weighted by molar-refractivity contribution is 0.319. The van der Waals surface area contributed by atoms with Crippen molar-refractivity contribution in [1.29, 1.82) is 0 Å². The molecule has 1 N–H and O–H groups in total. The van der Waals surface area contributed by atoms with Crippen molar-refractivity contribution in [3.05, 3.63) is 59.9 Å². The van der Waals surface area contributed by atoms with Crippen LogP contribution in [0.5, 0.6) is 0 Å². The van der Waals surface area contributed by atoms with Crippen LogP contribution in [-0.4, -0.2) is 29.6 Å². The van der Waals surface area contributed by atoms with Gasteiger partial charge in [0.15, 0.2) is 0 Å². The van der Waals surface area contributed by atoms with E-state index in [4.69, 9.17) is 0 Å². The lowest BCUT2D eigenvalue weighted by Crippen LogP contribution is -2.24. The fourth-order valence-electron chi connectivity index (χ4n) is 2.58. The van der Waals surface area contributed by atoms with E-state index in [0.717, 1.165) is 32.7 Å². The third kappa shape index (κ3) is 5.37. The van der Waals surface area contributed by atoms with Crippen molar-refractivity contribution in [2.24, 2.45) is 0 Å². The van der Waals surface area contributed by atoms with Crippen molar-refractivity contribution in [2.45, 2.75) is 33.0 Å². The summed E-state index contributed by atoms with van der Waals surface area (Å²) < 4.78 is 2.29. The van der Waals surface area contributed by atoms with Gasteiger partial charge in [0.1, 0.15) is 0 Å². The monoisotopic (exact) mass is 285 g/mol. The number of hydrogen-bond donors (Lipinski definition) is 1. The van der Waals surface area contributed by atoms with Gasteiger partial charge in [-0.2, -0.15) is 0 Å². The predicted octanol–water partition coefficient (Wildman–Crippen LogP) is 3.12. The molecule has 2 rings (SSSR count). The van der Waals surface area contributed by atoms with E-state index in [2.05, 4.69) is 77.4 Å². The van der Waals surface area contributed by atoms with Gasteiger partial charge in [0.25, 0.3) is 0 Å². The molecule has 0 saturated carbocycles. The fraction of sp³-hybridized carbons (Fsp3) is 0.444. The lowest BCUT2D eigenvalue weighted by atomic mass is 10.2. The summed E-state index contributed by atoms with van der Waals surface area (Å²) in [4.78, 5) is 2.38. The molecule has 0 amide bonds. The molecule has 0 atom stereocenters. The van der Waals surface area contributed by atoms with Gasteiger partial charge in [0.2, 0.25) is 0 Å². The fourth-order valence-corrected chi connectivity index (χ4v) is 2.58. The van der Waals surface area contributed by atoms with E-state index < -0.39 is 0 Å². The average Bonchev–Trinajstić information content (AvgIpc) is 2.95. The molecule has 0 fully saturated rings. The second kappa shape index (κ2) is 8.65. The number of nitrogens with zero attached hydrogens (tertiary/aromatic N) is 2. The Kier molecular flexibility index (Phi) is 6.51. The molecule has 0 saturated heterocycles. The number of nitrogens with one attached hydrogen (secondary N) is 1. The van der Waals surface area contributed by atoms with Crippen LogP contribution in [0.2, 0.25) is 0 Å². The van der Waals surface area contributed by atoms with Crippen LogP contribution >= 0.6 is 0 Å². The predicted molar refractivity (Wildman–Crippen MR) is 89.2 cm³/mol. The first-order valence-corrected chi connectivity index (χ1v) is 7.87. The second-order valence-corrected chi connectivity index (χ2v) is 5.54. The summed E-state index contributed by atoms with van der Waals surface area (Å²) in [5.41, 5.74) is 2.75. The normalized spacial score (nSPS) is 11.2. The molecule has 1 heterocycles. The minimum Gasteiger partial charge on any atom is -0.351 e. The number of benzene rings is 1. The van der Waals surface area contributed by atoms with Crippen LogP contribution < -0.4 is 5.32 Å². The summed E-state index contributed by atoms with van der Waals surface area (Å²) in [7, 11) is 2.19. The maximum atomic E-state index is 3.53. The van der Waals surface area contributed by atoms with E-state index >= 15 is 0 Å². The van der Waals surface area contributed by atoms with Crippen LogP contribution in [0.4, 0.5) is 0 Å².